The Balaban J connectivity index is 0.000000363. The molecule has 2 fully saturated rings. The number of aromatic nitrogens is 1. The Labute approximate surface area is 242 Å². The van der Waals surface area contributed by atoms with Crippen molar-refractivity contribution in [3.8, 4) is 0 Å². The number of likely N-dealkylation sites (tertiary alicyclic amines) is 2. The minimum absolute atomic E-state index is 0.737. The van der Waals surface area contributed by atoms with Crippen LogP contribution in [-0.4, -0.2) is 91.7 Å². The lowest BCUT2D eigenvalue weighted by Gasteiger charge is -2.25. The molecule has 0 saturated carbocycles. The summed E-state index contributed by atoms with van der Waals surface area (Å²) in [4.78, 5) is 39.3. The first-order chi connectivity index (χ1) is 19.6. The molecular formula is C24H26F9N3O6S. The minimum atomic E-state index is -5.08. The Morgan fingerprint density at radius 3 is 1.53 bits per heavy atom. The van der Waals surface area contributed by atoms with Gasteiger partial charge in [-0.25, -0.2) is 14.4 Å². The Bertz CT molecular complexity index is 1130. The normalized spacial score (nSPS) is 18.7. The molecule has 9 nitrogen and oxygen atoms in total. The van der Waals surface area contributed by atoms with E-state index in [2.05, 4.69) is 39.9 Å². The van der Waals surface area contributed by atoms with E-state index in [1.54, 1.807) is 0 Å². The number of halogens is 9. The standard InChI is InChI=1S/C18H23N3S.3C2HF3O2/c1-14-4-5-16(22-14)13-21-10-7-17-18(21)6-9-20(17)12-15-3-2-8-19-11-15;3*3-2(4,5)1(6)7/h2-5,8,11,17-18H,6-7,9-10,12-13H2,1H3;3*(H,6,7)/t17-,18+;;;/m0.../s1. The van der Waals surface area contributed by atoms with Crippen LogP contribution in [-0.2, 0) is 27.5 Å². The predicted octanol–water partition coefficient (Wildman–Crippen LogP) is 5.20. The number of nitrogens with zero attached hydrogens (tertiary/aromatic N) is 3. The fourth-order valence-corrected chi connectivity index (χ4v) is 4.97. The molecule has 2 aromatic rings. The number of carboxylic acid groups (broad SMARTS) is 3. The summed E-state index contributed by atoms with van der Waals surface area (Å²) in [6.45, 7) is 6.87. The van der Waals surface area contributed by atoms with Crippen molar-refractivity contribution in [3.63, 3.8) is 0 Å². The number of pyridine rings is 1. The van der Waals surface area contributed by atoms with Gasteiger partial charge in [0.2, 0.25) is 0 Å². The van der Waals surface area contributed by atoms with Gasteiger partial charge >= 0.3 is 36.4 Å². The van der Waals surface area contributed by atoms with E-state index in [-0.39, 0.29) is 0 Å². The summed E-state index contributed by atoms with van der Waals surface area (Å²) in [6.07, 6.45) is -8.75. The van der Waals surface area contributed by atoms with Gasteiger partial charge in [0, 0.05) is 60.4 Å². The Hall–Kier alpha value is -3.45. The Morgan fingerprint density at radius 2 is 1.21 bits per heavy atom. The van der Waals surface area contributed by atoms with Gasteiger partial charge < -0.3 is 15.3 Å². The lowest BCUT2D eigenvalue weighted by atomic mass is 10.1. The van der Waals surface area contributed by atoms with Crippen LogP contribution in [0.25, 0.3) is 0 Å². The number of carbonyl (C=O) groups is 3. The van der Waals surface area contributed by atoms with Crippen molar-refractivity contribution < 1.29 is 69.2 Å². The monoisotopic (exact) mass is 655 g/mol. The maximum absolute atomic E-state index is 10.6. The van der Waals surface area contributed by atoms with Crippen molar-refractivity contribution in [2.24, 2.45) is 0 Å². The summed E-state index contributed by atoms with van der Waals surface area (Å²) >= 11 is 1.95. The summed E-state index contributed by atoms with van der Waals surface area (Å²) < 4.78 is 95.2. The SMILES string of the molecule is Cc1ccc(CN2CC[C@H]3[C@H]2CCN3Cc2cccnc2)s1.O=C(O)C(F)(F)F.O=C(O)C(F)(F)F.O=C(O)C(F)(F)F. The van der Waals surface area contributed by atoms with E-state index in [1.807, 2.05) is 29.8 Å². The van der Waals surface area contributed by atoms with Gasteiger partial charge in [-0.1, -0.05) is 6.07 Å². The highest BCUT2D eigenvalue weighted by Gasteiger charge is 2.42. The lowest BCUT2D eigenvalue weighted by Crippen LogP contribution is -2.35. The predicted molar refractivity (Wildman–Crippen MR) is 132 cm³/mol. The number of aliphatic carboxylic acids is 3. The van der Waals surface area contributed by atoms with E-state index in [9.17, 15) is 39.5 Å². The van der Waals surface area contributed by atoms with Crippen LogP contribution >= 0.6 is 11.3 Å². The van der Waals surface area contributed by atoms with Crippen LogP contribution in [0.5, 0.6) is 0 Å². The molecule has 0 amide bonds. The molecule has 0 unspecified atom stereocenters. The van der Waals surface area contributed by atoms with Gasteiger partial charge in [0.05, 0.1) is 0 Å². The fourth-order valence-electron chi connectivity index (χ4n) is 4.05. The summed E-state index contributed by atoms with van der Waals surface area (Å²) in [7, 11) is 0. The molecule has 242 valence electrons. The van der Waals surface area contributed by atoms with Crippen LogP contribution in [0.1, 0.15) is 28.2 Å². The maximum Gasteiger partial charge on any atom is 0.490 e. The van der Waals surface area contributed by atoms with E-state index in [1.165, 1.54) is 41.2 Å². The molecular weight excluding hydrogens is 629 g/mol. The molecule has 2 saturated heterocycles. The second-order valence-corrected chi connectivity index (χ2v) is 10.3. The zero-order chi connectivity index (χ0) is 33.2. The highest BCUT2D eigenvalue weighted by atomic mass is 32.1. The number of fused-ring (bicyclic) bond motifs is 1. The van der Waals surface area contributed by atoms with Crippen molar-refractivity contribution in [2.45, 2.75) is 63.5 Å². The number of carboxylic acids is 3. The van der Waals surface area contributed by atoms with E-state index < -0.39 is 36.4 Å². The Kier molecular flexibility index (Phi) is 13.9. The van der Waals surface area contributed by atoms with E-state index in [4.69, 9.17) is 29.7 Å². The average molecular weight is 656 g/mol. The molecule has 0 radical (unpaired) electrons. The Morgan fingerprint density at radius 1 is 0.791 bits per heavy atom. The molecule has 43 heavy (non-hydrogen) atoms. The number of aryl methyl sites for hydroxylation is 1. The molecule has 0 aliphatic carbocycles. The van der Waals surface area contributed by atoms with Gasteiger partial charge in [-0.05, 0) is 43.5 Å². The van der Waals surface area contributed by atoms with Crippen LogP contribution in [0, 0.1) is 6.92 Å². The summed E-state index contributed by atoms with van der Waals surface area (Å²) in [5, 5.41) is 21.4. The van der Waals surface area contributed by atoms with Gasteiger partial charge in [-0.15, -0.1) is 11.3 Å². The minimum Gasteiger partial charge on any atom is -0.475 e. The molecule has 0 bridgehead atoms. The molecule has 0 spiro atoms. The highest BCUT2D eigenvalue weighted by Crippen LogP contribution is 2.34. The van der Waals surface area contributed by atoms with Crippen molar-refractivity contribution in [1.29, 1.82) is 0 Å². The number of hydrogen-bond donors (Lipinski definition) is 3. The first-order valence-corrected chi connectivity index (χ1v) is 12.8. The summed E-state index contributed by atoms with van der Waals surface area (Å²) in [6, 6.07) is 10.3. The third-order valence-corrected chi connectivity index (χ3v) is 6.78. The van der Waals surface area contributed by atoms with Gasteiger partial charge in [-0.3, -0.25) is 14.8 Å². The third kappa shape index (κ3) is 13.6. The second kappa shape index (κ2) is 15.9. The largest absolute Gasteiger partial charge is 0.490 e. The quantitative estimate of drug-likeness (QED) is 0.381. The molecule has 3 N–H and O–H groups in total. The molecule has 2 atom stereocenters. The smallest absolute Gasteiger partial charge is 0.475 e. The number of thiophene rings is 1. The molecule has 2 aromatic heterocycles. The highest BCUT2D eigenvalue weighted by molar-refractivity contribution is 7.11. The first kappa shape index (κ1) is 37.6. The van der Waals surface area contributed by atoms with Crippen molar-refractivity contribution in [1.82, 2.24) is 14.8 Å². The van der Waals surface area contributed by atoms with Crippen molar-refractivity contribution in [3.05, 3.63) is 52.0 Å². The van der Waals surface area contributed by atoms with Crippen LogP contribution in [0.15, 0.2) is 36.7 Å². The number of alkyl halides is 9. The molecule has 0 aromatic carbocycles. The second-order valence-electron chi connectivity index (χ2n) is 8.94. The molecule has 4 rings (SSSR count). The summed E-state index contributed by atoms with van der Waals surface area (Å²) in [5.41, 5.74) is 1.34. The first-order valence-electron chi connectivity index (χ1n) is 12.0. The molecule has 2 aliphatic heterocycles. The van der Waals surface area contributed by atoms with Crippen LogP contribution in [0.2, 0.25) is 0 Å². The van der Waals surface area contributed by atoms with Gasteiger partial charge in [0.1, 0.15) is 0 Å². The van der Waals surface area contributed by atoms with E-state index in [0.717, 1.165) is 25.2 Å². The van der Waals surface area contributed by atoms with Crippen LogP contribution in [0.3, 0.4) is 0 Å². The van der Waals surface area contributed by atoms with Gasteiger partial charge in [0.15, 0.2) is 0 Å². The number of rotatable bonds is 4. The number of hydrogen-bond acceptors (Lipinski definition) is 7. The van der Waals surface area contributed by atoms with E-state index in [0.29, 0.717) is 0 Å². The summed E-state index contributed by atoms with van der Waals surface area (Å²) in [5.74, 6) is -8.27. The third-order valence-electron chi connectivity index (χ3n) is 5.80. The molecule has 2 aliphatic rings. The maximum atomic E-state index is 10.6. The topological polar surface area (TPSA) is 131 Å². The average Bonchev–Trinajstić information content (AvgIpc) is 3.58. The van der Waals surface area contributed by atoms with Crippen LogP contribution in [0.4, 0.5) is 39.5 Å². The van der Waals surface area contributed by atoms with Gasteiger partial charge in [-0.2, -0.15) is 39.5 Å². The van der Waals surface area contributed by atoms with Crippen molar-refractivity contribution >= 4 is 29.2 Å². The zero-order valence-corrected chi connectivity index (χ0v) is 22.9. The lowest BCUT2D eigenvalue weighted by molar-refractivity contribution is -0.193. The zero-order valence-electron chi connectivity index (χ0n) is 22.1. The van der Waals surface area contributed by atoms with Crippen LogP contribution < -0.4 is 0 Å². The van der Waals surface area contributed by atoms with E-state index >= 15 is 0 Å². The molecule has 4 heterocycles. The molecule has 19 heteroatoms. The van der Waals surface area contributed by atoms with Gasteiger partial charge in [0.25, 0.3) is 0 Å². The fraction of sp³-hybridized carbons (Fsp3) is 0.500. The van der Waals surface area contributed by atoms with Crippen molar-refractivity contribution in [2.75, 3.05) is 13.1 Å².